The van der Waals surface area contributed by atoms with Gasteiger partial charge in [0, 0.05) is 32.3 Å². The summed E-state index contributed by atoms with van der Waals surface area (Å²) in [5.41, 5.74) is 2.17. The second kappa shape index (κ2) is 11.1. The van der Waals surface area contributed by atoms with Gasteiger partial charge in [-0.3, -0.25) is 14.5 Å². The maximum absolute atomic E-state index is 13.5. The highest BCUT2D eigenvalue weighted by atomic mass is 35.5. The maximum Gasteiger partial charge on any atom is 0.278 e. The number of carbonyl (C=O) groups is 2. The number of imide groups is 1. The minimum absolute atomic E-state index is 0.153. The summed E-state index contributed by atoms with van der Waals surface area (Å²) in [4.78, 5) is 30.2. The van der Waals surface area contributed by atoms with Crippen LogP contribution in [0.25, 0.3) is 5.57 Å². The van der Waals surface area contributed by atoms with Crippen molar-refractivity contribution in [2.45, 2.75) is 6.54 Å². The van der Waals surface area contributed by atoms with Crippen LogP contribution in [0.1, 0.15) is 11.1 Å². The van der Waals surface area contributed by atoms with Gasteiger partial charge in [0.25, 0.3) is 11.8 Å². The number of halogens is 1. The lowest BCUT2D eigenvalue weighted by atomic mass is 10.0. The van der Waals surface area contributed by atoms with Crippen LogP contribution in [0.3, 0.4) is 0 Å². The molecule has 0 N–H and O–H groups in total. The first kappa shape index (κ1) is 23.8. The predicted octanol–water partition coefficient (Wildman–Crippen LogP) is 3.22. The molecule has 0 atom stereocenters. The Bertz CT molecular complexity index is 965. The van der Waals surface area contributed by atoms with E-state index < -0.39 is 0 Å². The molecule has 8 heteroatoms. The molecule has 3 rings (SSSR count). The summed E-state index contributed by atoms with van der Waals surface area (Å²) >= 11 is 5.98. The molecule has 1 aliphatic rings. The molecule has 7 nitrogen and oxygen atoms in total. The summed E-state index contributed by atoms with van der Waals surface area (Å²) in [6, 6.07) is 14.2. The van der Waals surface area contributed by atoms with Crippen molar-refractivity contribution in [2.24, 2.45) is 0 Å². The molecule has 0 spiro atoms. The molecule has 0 saturated carbocycles. The van der Waals surface area contributed by atoms with Gasteiger partial charge in [-0.05, 0) is 35.4 Å². The number of amides is 2. The van der Waals surface area contributed by atoms with Crippen molar-refractivity contribution < 1.29 is 23.8 Å². The van der Waals surface area contributed by atoms with E-state index in [-0.39, 0.29) is 18.4 Å². The van der Waals surface area contributed by atoms with Crippen LogP contribution in [0.5, 0.6) is 5.75 Å². The van der Waals surface area contributed by atoms with Crippen molar-refractivity contribution in [1.82, 2.24) is 9.80 Å². The largest absolute Gasteiger partial charge is 0.497 e. The molecule has 1 aliphatic heterocycles. The van der Waals surface area contributed by atoms with Gasteiger partial charge in [-0.25, -0.2) is 0 Å². The van der Waals surface area contributed by atoms with Gasteiger partial charge in [0.05, 0.1) is 32.4 Å². The quantitative estimate of drug-likeness (QED) is 0.482. The second-order valence-corrected chi connectivity index (χ2v) is 7.68. The monoisotopic (exact) mass is 458 g/mol. The molecule has 0 bridgehead atoms. The molecule has 170 valence electrons. The lowest BCUT2D eigenvalue weighted by Crippen LogP contribution is -2.37. The van der Waals surface area contributed by atoms with Crippen LogP contribution >= 0.6 is 11.6 Å². The van der Waals surface area contributed by atoms with Crippen LogP contribution in [0.15, 0.2) is 54.2 Å². The van der Waals surface area contributed by atoms with E-state index in [1.807, 2.05) is 17.0 Å². The third-order valence-electron chi connectivity index (χ3n) is 5.22. The zero-order valence-corrected chi connectivity index (χ0v) is 19.2. The predicted molar refractivity (Wildman–Crippen MR) is 122 cm³/mol. The van der Waals surface area contributed by atoms with Crippen molar-refractivity contribution in [3.8, 4) is 5.75 Å². The molecule has 1 heterocycles. The topological polar surface area (TPSA) is 68.3 Å². The Hall–Kier alpha value is -2.87. The van der Waals surface area contributed by atoms with E-state index in [0.29, 0.717) is 53.9 Å². The SMILES string of the molecule is COCCN(CCOC)C1=C(c2ccc(OC)cc2)C(=O)N(Cc2ccc(Cl)cc2)C1=O. The van der Waals surface area contributed by atoms with Gasteiger partial charge in [-0.15, -0.1) is 0 Å². The third kappa shape index (κ3) is 5.30. The van der Waals surface area contributed by atoms with E-state index in [9.17, 15) is 9.59 Å². The Morgan fingerprint density at radius 1 is 0.844 bits per heavy atom. The normalized spacial score (nSPS) is 13.8. The Balaban J connectivity index is 2.02. The lowest BCUT2D eigenvalue weighted by molar-refractivity contribution is -0.138. The molecule has 0 radical (unpaired) electrons. The summed E-state index contributed by atoms with van der Waals surface area (Å²) < 4.78 is 15.7. The minimum Gasteiger partial charge on any atom is -0.497 e. The van der Waals surface area contributed by atoms with E-state index in [1.54, 1.807) is 57.7 Å². The van der Waals surface area contributed by atoms with Crippen molar-refractivity contribution in [1.29, 1.82) is 0 Å². The van der Waals surface area contributed by atoms with Crippen molar-refractivity contribution in [3.63, 3.8) is 0 Å². The first-order chi connectivity index (χ1) is 15.5. The van der Waals surface area contributed by atoms with Gasteiger partial charge in [0.2, 0.25) is 0 Å². The van der Waals surface area contributed by atoms with Crippen LogP contribution in [0.4, 0.5) is 0 Å². The maximum atomic E-state index is 13.5. The van der Waals surface area contributed by atoms with E-state index in [0.717, 1.165) is 5.56 Å². The molecule has 0 unspecified atom stereocenters. The Morgan fingerprint density at radius 3 is 1.97 bits per heavy atom. The zero-order valence-electron chi connectivity index (χ0n) is 18.5. The lowest BCUT2D eigenvalue weighted by Gasteiger charge is -2.25. The summed E-state index contributed by atoms with van der Waals surface area (Å²) in [7, 11) is 4.78. The fourth-order valence-corrected chi connectivity index (χ4v) is 3.65. The van der Waals surface area contributed by atoms with Crippen LogP contribution in [0.2, 0.25) is 5.02 Å². The highest BCUT2D eigenvalue weighted by Gasteiger charge is 2.41. The first-order valence-corrected chi connectivity index (χ1v) is 10.6. The van der Waals surface area contributed by atoms with E-state index in [1.165, 1.54) is 4.90 Å². The molecule has 32 heavy (non-hydrogen) atoms. The second-order valence-electron chi connectivity index (χ2n) is 7.25. The highest BCUT2D eigenvalue weighted by molar-refractivity contribution is 6.35. The number of rotatable bonds is 11. The highest BCUT2D eigenvalue weighted by Crippen LogP contribution is 2.33. The standard InChI is InChI=1S/C24H27ClN2O5/c1-30-14-12-26(13-15-31-2)22-21(18-6-10-20(32-3)11-7-18)23(28)27(24(22)29)16-17-4-8-19(25)9-5-17/h4-11H,12-16H2,1-3H3. The molecule has 0 aliphatic carbocycles. The Morgan fingerprint density at radius 2 is 1.44 bits per heavy atom. The van der Waals surface area contributed by atoms with Crippen molar-refractivity contribution >= 4 is 29.0 Å². The van der Waals surface area contributed by atoms with Gasteiger partial charge in [0.15, 0.2) is 0 Å². The van der Waals surface area contributed by atoms with Gasteiger partial charge in [-0.1, -0.05) is 35.9 Å². The number of benzene rings is 2. The van der Waals surface area contributed by atoms with E-state index in [4.69, 9.17) is 25.8 Å². The average Bonchev–Trinajstić information content (AvgIpc) is 3.05. The number of hydrogen-bond donors (Lipinski definition) is 0. The van der Waals surface area contributed by atoms with E-state index in [2.05, 4.69) is 0 Å². The van der Waals surface area contributed by atoms with Crippen LogP contribution < -0.4 is 4.74 Å². The number of methoxy groups -OCH3 is 3. The van der Waals surface area contributed by atoms with E-state index >= 15 is 0 Å². The third-order valence-corrected chi connectivity index (χ3v) is 5.48. The summed E-state index contributed by atoms with van der Waals surface area (Å²) in [5.74, 6) is -0.0192. The summed E-state index contributed by atoms with van der Waals surface area (Å²) in [5, 5.41) is 0.593. The molecular formula is C24H27ClN2O5. The molecule has 2 aromatic rings. The smallest absolute Gasteiger partial charge is 0.278 e. The minimum atomic E-state index is -0.344. The number of hydrogen-bond acceptors (Lipinski definition) is 6. The molecule has 0 saturated heterocycles. The Labute approximate surface area is 193 Å². The summed E-state index contributed by atoms with van der Waals surface area (Å²) in [6.45, 7) is 1.86. The Kier molecular flexibility index (Phi) is 8.27. The molecule has 2 amide bonds. The van der Waals surface area contributed by atoms with Gasteiger partial charge < -0.3 is 19.1 Å². The van der Waals surface area contributed by atoms with Crippen LogP contribution in [-0.4, -0.2) is 69.2 Å². The molecule has 2 aromatic carbocycles. The molecule has 0 aromatic heterocycles. The molecule has 0 fully saturated rings. The van der Waals surface area contributed by atoms with Gasteiger partial charge >= 0.3 is 0 Å². The van der Waals surface area contributed by atoms with Crippen molar-refractivity contribution in [3.05, 3.63) is 70.4 Å². The fourth-order valence-electron chi connectivity index (χ4n) is 3.53. The van der Waals surface area contributed by atoms with Gasteiger partial charge in [-0.2, -0.15) is 0 Å². The summed E-state index contributed by atoms with van der Waals surface area (Å²) in [6.07, 6.45) is 0. The first-order valence-electron chi connectivity index (χ1n) is 10.2. The number of nitrogens with zero attached hydrogens (tertiary/aromatic N) is 2. The zero-order chi connectivity index (χ0) is 23.1. The molecular weight excluding hydrogens is 432 g/mol. The van der Waals surface area contributed by atoms with Crippen LogP contribution in [-0.2, 0) is 25.6 Å². The van der Waals surface area contributed by atoms with Crippen LogP contribution in [0, 0.1) is 0 Å². The average molecular weight is 459 g/mol. The fraction of sp³-hybridized carbons (Fsp3) is 0.333. The number of carbonyl (C=O) groups excluding carboxylic acids is 2. The van der Waals surface area contributed by atoms with Crippen molar-refractivity contribution in [2.75, 3.05) is 47.6 Å². The van der Waals surface area contributed by atoms with Gasteiger partial charge in [0.1, 0.15) is 11.4 Å². The number of ether oxygens (including phenoxy) is 3.